The Bertz CT molecular complexity index is 1890. The predicted octanol–water partition coefficient (Wildman–Crippen LogP) is 6.32. The molecular weight excluding hydrogens is 688 g/mol. The van der Waals surface area contributed by atoms with Crippen molar-refractivity contribution in [3.05, 3.63) is 95.2 Å². The van der Waals surface area contributed by atoms with Crippen molar-refractivity contribution in [1.82, 2.24) is 14.9 Å². The van der Waals surface area contributed by atoms with Gasteiger partial charge in [0.05, 0.1) is 37.0 Å². The predicted molar refractivity (Wildman–Crippen MR) is 180 cm³/mol. The van der Waals surface area contributed by atoms with Gasteiger partial charge in [0.25, 0.3) is 10.0 Å². The number of nitrogens with zero attached hydrogens (tertiary/aromatic N) is 5. The highest BCUT2D eigenvalue weighted by molar-refractivity contribution is 7.92. The fourth-order valence-electron chi connectivity index (χ4n) is 5.75. The molecule has 0 aliphatic carbocycles. The van der Waals surface area contributed by atoms with Gasteiger partial charge in [0.2, 0.25) is 0 Å². The molecule has 0 spiro atoms. The summed E-state index contributed by atoms with van der Waals surface area (Å²) in [7, 11) is 2.00. The number of methoxy groups -OCH3 is 2. The maximum absolute atomic E-state index is 15.9. The molecule has 1 aromatic heterocycles. The van der Waals surface area contributed by atoms with E-state index in [9.17, 15) is 21.6 Å². The molecule has 1 aliphatic heterocycles. The van der Waals surface area contributed by atoms with Crippen molar-refractivity contribution in [2.75, 3.05) is 55.9 Å². The van der Waals surface area contributed by atoms with Crippen molar-refractivity contribution in [1.29, 1.82) is 0 Å². The van der Waals surface area contributed by atoms with Gasteiger partial charge in [0, 0.05) is 54.8 Å². The largest absolute Gasteiger partial charge is 0.497 e. The Morgan fingerprint density at radius 1 is 1.06 bits per heavy atom. The maximum Gasteiger partial charge on any atom is 0.416 e. The number of alkyl halides is 3. The summed E-state index contributed by atoms with van der Waals surface area (Å²) in [5, 5.41) is 3.22. The maximum atomic E-state index is 15.9. The van der Waals surface area contributed by atoms with Gasteiger partial charge in [-0.1, -0.05) is 17.7 Å². The van der Waals surface area contributed by atoms with Crippen LogP contribution in [0, 0.1) is 5.82 Å². The zero-order chi connectivity index (χ0) is 35.5. The van der Waals surface area contributed by atoms with Crippen molar-refractivity contribution < 1.29 is 35.5 Å². The summed E-state index contributed by atoms with van der Waals surface area (Å²) in [6.45, 7) is 0.526. The van der Waals surface area contributed by atoms with Gasteiger partial charge in [-0.05, 0) is 63.0 Å². The summed E-state index contributed by atoms with van der Waals surface area (Å²) in [4.78, 5) is 11.1. The monoisotopic (exact) mass is 722 g/mol. The number of sulfonamides is 1. The van der Waals surface area contributed by atoms with Crippen molar-refractivity contribution in [2.45, 2.75) is 36.1 Å². The average Bonchev–Trinajstić information content (AvgIpc) is 3.08. The molecule has 0 radical (unpaired) electrons. The van der Waals surface area contributed by atoms with Gasteiger partial charge in [-0.15, -0.1) is 0 Å². The van der Waals surface area contributed by atoms with Crippen LogP contribution in [0.15, 0.2) is 78.1 Å². The average molecular weight is 723 g/mol. The Morgan fingerprint density at radius 2 is 1.84 bits per heavy atom. The van der Waals surface area contributed by atoms with E-state index >= 15 is 4.39 Å². The van der Waals surface area contributed by atoms with Crippen molar-refractivity contribution in [2.24, 2.45) is 0 Å². The van der Waals surface area contributed by atoms with Crippen LogP contribution in [0.4, 0.5) is 34.8 Å². The lowest BCUT2D eigenvalue weighted by atomic mass is 9.97. The van der Waals surface area contributed by atoms with E-state index in [1.165, 1.54) is 38.9 Å². The molecule has 1 fully saturated rings. The van der Waals surface area contributed by atoms with Crippen molar-refractivity contribution in [3.8, 4) is 11.5 Å². The number of halogens is 5. The lowest BCUT2D eigenvalue weighted by molar-refractivity contribution is -0.137. The second kappa shape index (κ2) is 14.6. The molecule has 3 aromatic carbocycles. The van der Waals surface area contributed by atoms with E-state index in [-0.39, 0.29) is 35.2 Å². The van der Waals surface area contributed by atoms with Gasteiger partial charge >= 0.3 is 6.18 Å². The van der Waals surface area contributed by atoms with E-state index in [0.717, 1.165) is 28.6 Å². The summed E-state index contributed by atoms with van der Waals surface area (Å²) in [6, 6.07) is 13.0. The van der Waals surface area contributed by atoms with Crippen LogP contribution < -0.4 is 24.0 Å². The zero-order valence-electron chi connectivity index (χ0n) is 27.1. The molecule has 4 aromatic rings. The Labute approximate surface area is 287 Å². The normalized spacial score (nSPS) is 16.8. The molecule has 262 valence electrons. The molecule has 16 heteroatoms. The third kappa shape index (κ3) is 7.94. The number of piperidine rings is 1. The highest BCUT2D eigenvalue weighted by Crippen LogP contribution is 2.36. The summed E-state index contributed by atoms with van der Waals surface area (Å²) in [6.07, 6.45) is -1.45. The van der Waals surface area contributed by atoms with E-state index < -0.39 is 32.5 Å². The van der Waals surface area contributed by atoms with Crippen LogP contribution in [0.5, 0.6) is 11.5 Å². The van der Waals surface area contributed by atoms with E-state index in [0.29, 0.717) is 42.3 Å². The smallest absolute Gasteiger partial charge is 0.416 e. The number of ether oxygens (including phenoxy) is 2. The van der Waals surface area contributed by atoms with Crippen LogP contribution in [0.1, 0.15) is 17.5 Å². The van der Waals surface area contributed by atoms with E-state index in [4.69, 9.17) is 21.1 Å². The van der Waals surface area contributed by atoms with E-state index in [2.05, 4.69) is 15.3 Å². The summed E-state index contributed by atoms with van der Waals surface area (Å²) >= 11 is 6.63. The van der Waals surface area contributed by atoms with Crippen LogP contribution in [-0.2, 0) is 22.7 Å². The van der Waals surface area contributed by atoms with Gasteiger partial charge in [0.1, 0.15) is 34.4 Å². The van der Waals surface area contributed by atoms with Crippen molar-refractivity contribution in [3.63, 3.8) is 0 Å². The lowest BCUT2D eigenvalue weighted by Crippen LogP contribution is -2.56. The van der Waals surface area contributed by atoms with Gasteiger partial charge in [-0.2, -0.15) is 13.2 Å². The van der Waals surface area contributed by atoms with Crippen molar-refractivity contribution >= 4 is 38.8 Å². The first-order valence-electron chi connectivity index (χ1n) is 15.1. The topological polar surface area (TPSA) is 100 Å². The first-order chi connectivity index (χ1) is 23.2. The SMILES string of the molecule is COc1ccc(CN(c2ccncn2)S(=O)(=O)c2cc(Cl)c(N[C@@H]3CCN(c4cccc(C(F)(F)F)c4)C[C@H]3N(C)C)cc2F)c(OC)c1. The highest BCUT2D eigenvalue weighted by Gasteiger charge is 2.35. The number of hydrogen-bond donors (Lipinski definition) is 1. The van der Waals surface area contributed by atoms with Crippen LogP contribution >= 0.6 is 11.6 Å². The lowest BCUT2D eigenvalue weighted by Gasteiger charge is -2.43. The fourth-order valence-corrected chi connectivity index (χ4v) is 7.51. The molecular formula is C33H35ClF4N6O4S. The Balaban J connectivity index is 1.42. The molecule has 0 bridgehead atoms. The van der Waals surface area contributed by atoms with Gasteiger partial charge in [-0.3, -0.25) is 0 Å². The molecule has 1 N–H and O–H groups in total. The zero-order valence-corrected chi connectivity index (χ0v) is 28.7. The third-order valence-electron chi connectivity index (χ3n) is 8.34. The number of benzene rings is 3. The second-order valence-electron chi connectivity index (χ2n) is 11.6. The molecule has 0 saturated carbocycles. The third-order valence-corrected chi connectivity index (χ3v) is 10.4. The minimum Gasteiger partial charge on any atom is -0.497 e. The number of anilines is 3. The summed E-state index contributed by atoms with van der Waals surface area (Å²) in [5.74, 6) is -0.209. The molecule has 2 heterocycles. The number of nitrogens with one attached hydrogen (secondary N) is 1. The standard InChI is InChI=1S/C33H35ClF4N6O4S/c1-42(2)29-19-43(23-7-5-6-22(14-23)33(36,37)38)13-11-27(29)41-28-17-26(35)31(16-25(28)34)49(45,46)44(32-10-12-39-20-40-32)18-21-8-9-24(47-3)15-30(21)48-4/h5-10,12,14-17,20,27,29,41H,11,13,18-19H2,1-4H3/t27-,29-/m1/s1. The summed E-state index contributed by atoms with van der Waals surface area (Å²) < 4.78 is 95.9. The van der Waals surface area contributed by atoms with Gasteiger partial charge < -0.3 is 24.6 Å². The molecule has 49 heavy (non-hydrogen) atoms. The van der Waals surface area contributed by atoms with Gasteiger partial charge in [0.15, 0.2) is 0 Å². The van der Waals surface area contributed by atoms with Crippen LogP contribution in [0.2, 0.25) is 5.02 Å². The number of hydrogen-bond acceptors (Lipinski definition) is 9. The number of rotatable bonds is 11. The Morgan fingerprint density at radius 3 is 2.49 bits per heavy atom. The molecule has 1 saturated heterocycles. The van der Waals surface area contributed by atoms with E-state index in [1.807, 2.05) is 23.9 Å². The molecule has 2 atom stereocenters. The minimum atomic E-state index is -4.60. The highest BCUT2D eigenvalue weighted by atomic mass is 35.5. The quantitative estimate of drug-likeness (QED) is 0.178. The summed E-state index contributed by atoms with van der Waals surface area (Å²) in [5.41, 5.74) is 0.346. The van der Waals surface area contributed by atoms with E-state index in [1.54, 1.807) is 24.3 Å². The van der Waals surface area contributed by atoms with Crippen LogP contribution in [-0.4, -0.2) is 76.8 Å². The minimum absolute atomic E-state index is 0.00745. The molecule has 10 nitrogen and oxygen atoms in total. The van der Waals surface area contributed by atoms with Crippen LogP contribution in [0.25, 0.3) is 0 Å². The Hall–Kier alpha value is -4.34. The fraction of sp³-hybridized carbons (Fsp3) is 0.333. The van der Waals surface area contributed by atoms with Crippen LogP contribution in [0.3, 0.4) is 0 Å². The molecule has 0 unspecified atom stereocenters. The first kappa shape index (κ1) is 36.0. The first-order valence-corrected chi connectivity index (χ1v) is 16.9. The Kier molecular flexibility index (Phi) is 10.7. The molecule has 1 aliphatic rings. The second-order valence-corrected chi connectivity index (χ2v) is 13.8. The molecule has 5 rings (SSSR count). The molecule has 0 amide bonds. The number of likely N-dealkylation sites (N-methyl/N-ethyl adjacent to an activating group) is 1. The van der Waals surface area contributed by atoms with Gasteiger partial charge in [-0.25, -0.2) is 27.1 Å². The number of aromatic nitrogens is 2.